The quantitative estimate of drug-likeness (QED) is 0.604. The van der Waals surface area contributed by atoms with Crippen LogP contribution in [0, 0.1) is 0 Å². The molecule has 1 N–H and O–H groups in total. The summed E-state index contributed by atoms with van der Waals surface area (Å²) in [5.74, 6) is -0.0467. The van der Waals surface area contributed by atoms with Crippen molar-refractivity contribution in [1.82, 2.24) is 5.32 Å². The van der Waals surface area contributed by atoms with Crippen molar-refractivity contribution in [1.29, 1.82) is 0 Å². The maximum atomic E-state index is 11.0. The van der Waals surface area contributed by atoms with Gasteiger partial charge >= 0.3 is 0 Å². The van der Waals surface area contributed by atoms with E-state index >= 15 is 0 Å². The topological polar surface area (TPSA) is 29.1 Å². The molecule has 0 aliphatic heterocycles. The van der Waals surface area contributed by atoms with Crippen molar-refractivity contribution < 1.29 is 4.79 Å². The molecule has 0 aromatic carbocycles. The van der Waals surface area contributed by atoms with Crippen LogP contribution in [0.25, 0.3) is 0 Å². The summed E-state index contributed by atoms with van der Waals surface area (Å²) in [5, 5.41) is 2.95. The fourth-order valence-electron chi connectivity index (χ4n) is 1.35. The second kappa shape index (κ2) is 7.84. The van der Waals surface area contributed by atoms with E-state index in [0.717, 1.165) is 19.3 Å². The van der Waals surface area contributed by atoms with Crippen molar-refractivity contribution in [2.45, 2.75) is 52.0 Å². The molecule has 2 nitrogen and oxygen atoms in total. The molecule has 0 aliphatic rings. The number of nitrogens with one attached hydrogen (secondary N) is 1. The summed E-state index contributed by atoms with van der Waals surface area (Å²) in [7, 11) is 0. The van der Waals surface area contributed by atoms with E-state index in [4.69, 9.17) is 0 Å². The highest BCUT2D eigenvalue weighted by atomic mass is 16.1. The number of carbonyl (C=O) groups is 1. The molecule has 0 aromatic rings. The first-order valence-corrected chi connectivity index (χ1v) is 5.17. The fraction of sp³-hybridized carbons (Fsp3) is 0.727. The Hall–Kier alpha value is -0.790. The van der Waals surface area contributed by atoms with E-state index in [9.17, 15) is 4.79 Å². The zero-order valence-corrected chi connectivity index (χ0v) is 8.81. The van der Waals surface area contributed by atoms with Gasteiger partial charge in [-0.1, -0.05) is 39.7 Å². The number of unbranched alkanes of at least 4 members (excludes halogenated alkanes) is 1. The molecule has 0 bridgehead atoms. The van der Waals surface area contributed by atoms with Gasteiger partial charge in [0, 0.05) is 6.04 Å². The Bertz CT molecular complexity index is 154. The number of amides is 1. The van der Waals surface area contributed by atoms with Crippen LogP contribution in [0.5, 0.6) is 0 Å². The van der Waals surface area contributed by atoms with Crippen molar-refractivity contribution in [2.24, 2.45) is 0 Å². The smallest absolute Gasteiger partial charge is 0.243 e. The summed E-state index contributed by atoms with van der Waals surface area (Å²) < 4.78 is 0. The molecular weight excluding hydrogens is 162 g/mol. The normalized spacial score (nSPS) is 12.2. The van der Waals surface area contributed by atoms with Crippen LogP contribution in [0.2, 0.25) is 0 Å². The minimum atomic E-state index is -0.0467. The zero-order valence-electron chi connectivity index (χ0n) is 8.81. The van der Waals surface area contributed by atoms with E-state index in [0.29, 0.717) is 6.04 Å². The van der Waals surface area contributed by atoms with Crippen molar-refractivity contribution in [2.75, 3.05) is 0 Å². The van der Waals surface area contributed by atoms with Gasteiger partial charge < -0.3 is 5.32 Å². The van der Waals surface area contributed by atoms with Crippen molar-refractivity contribution in [3.05, 3.63) is 12.7 Å². The lowest BCUT2D eigenvalue weighted by molar-refractivity contribution is -0.117. The van der Waals surface area contributed by atoms with E-state index in [2.05, 4.69) is 25.7 Å². The molecule has 1 unspecified atom stereocenters. The molecule has 0 aromatic heterocycles. The number of hydrogen-bond donors (Lipinski definition) is 1. The third kappa shape index (κ3) is 6.38. The van der Waals surface area contributed by atoms with Gasteiger partial charge in [-0.3, -0.25) is 4.79 Å². The van der Waals surface area contributed by atoms with E-state index in [1.165, 1.54) is 18.9 Å². The van der Waals surface area contributed by atoms with Gasteiger partial charge in [0.15, 0.2) is 0 Å². The second-order valence-electron chi connectivity index (χ2n) is 3.34. The summed E-state index contributed by atoms with van der Waals surface area (Å²) in [4.78, 5) is 11.0. The molecule has 0 radical (unpaired) electrons. The van der Waals surface area contributed by atoms with Crippen LogP contribution in [-0.2, 0) is 4.79 Å². The summed E-state index contributed by atoms with van der Waals surface area (Å²) in [6.07, 6.45) is 6.98. The van der Waals surface area contributed by atoms with Crippen LogP contribution < -0.4 is 5.32 Å². The van der Waals surface area contributed by atoms with Crippen molar-refractivity contribution >= 4 is 5.91 Å². The second-order valence-corrected chi connectivity index (χ2v) is 3.34. The highest BCUT2D eigenvalue weighted by Gasteiger charge is 2.07. The molecule has 0 heterocycles. The first-order valence-electron chi connectivity index (χ1n) is 5.17. The highest BCUT2D eigenvalue weighted by molar-refractivity contribution is 5.87. The molecule has 0 fully saturated rings. The van der Waals surface area contributed by atoms with Crippen LogP contribution in [-0.4, -0.2) is 11.9 Å². The Morgan fingerprint density at radius 1 is 1.38 bits per heavy atom. The average Bonchev–Trinajstić information content (AvgIpc) is 2.14. The largest absolute Gasteiger partial charge is 0.350 e. The van der Waals surface area contributed by atoms with Gasteiger partial charge in [0.1, 0.15) is 0 Å². The molecule has 1 atom stereocenters. The maximum Gasteiger partial charge on any atom is 0.243 e. The third-order valence-corrected chi connectivity index (χ3v) is 2.08. The lowest BCUT2D eigenvalue weighted by atomic mass is 10.1. The van der Waals surface area contributed by atoms with Gasteiger partial charge in [-0.2, -0.15) is 0 Å². The van der Waals surface area contributed by atoms with Gasteiger partial charge in [0.2, 0.25) is 5.91 Å². The summed E-state index contributed by atoms with van der Waals surface area (Å²) in [6.45, 7) is 7.74. The van der Waals surface area contributed by atoms with Crippen molar-refractivity contribution in [3.8, 4) is 0 Å². The lowest BCUT2D eigenvalue weighted by Crippen LogP contribution is -2.33. The average molecular weight is 183 g/mol. The summed E-state index contributed by atoms with van der Waals surface area (Å²) in [5.41, 5.74) is 0. The summed E-state index contributed by atoms with van der Waals surface area (Å²) in [6, 6.07) is 0.343. The monoisotopic (exact) mass is 183 g/mol. The van der Waals surface area contributed by atoms with Gasteiger partial charge in [0.25, 0.3) is 0 Å². The van der Waals surface area contributed by atoms with Gasteiger partial charge in [-0.05, 0) is 18.9 Å². The zero-order chi connectivity index (χ0) is 10.1. The predicted octanol–water partition coefficient (Wildman–Crippen LogP) is 2.65. The lowest BCUT2D eigenvalue weighted by Gasteiger charge is -2.16. The highest BCUT2D eigenvalue weighted by Crippen LogP contribution is 2.06. The predicted molar refractivity (Wildman–Crippen MR) is 56.6 cm³/mol. The number of carbonyl (C=O) groups excluding carboxylic acids is 1. The van der Waals surface area contributed by atoms with Crippen LogP contribution >= 0.6 is 0 Å². The van der Waals surface area contributed by atoms with Gasteiger partial charge in [0.05, 0.1) is 0 Å². The molecule has 0 saturated carbocycles. The molecule has 13 heavy (non-hydrogen) atoms. The van der Waals surface area contributed by atoms with E-state index in [1.54, 1.807) is 0 Å². The first kappa shape index (κ1) is 12.2. The van der Waals surface area contributed by atoms with Crippen LogP contribution in [0.1, 0.15) is 46.0 Å². The molecule has 0 spiro atoms. The Balaban J connectivity index is 3.78. The molecule has 0 saturated heterocycles. The molecular formula is C11H21NO. The van der Waals surface area contributed by atoms with E-state index in [-0.39, 0.29) is 5.91 Å². The van der Waals surface area contributed by atoms with Crippen molar-refractivity contribution in [3.63, 3.8) is 0 Å². The Kier molecular flexibility index (Phi) is 7.36. The minimum absolute atomic E-state index is 0.0467. The number of rotatable bonds is 7. The standard InChI is InChI=1S/C11H21NO/c1-4-7-9-10(8-5-2)12-11(13)6-3/h6,10H,3-5,7-9H2,1-2H3,(H,12,13). The minimum Gasteiger partial charge on any atom is -0.350 e. The summed E-state index contributed by atoms with van der Waals surface area (Å²) >= 11 is 0. The number of hydrogen-bond acceptors (Lipinski definition) is 1. The van der Waals surface area contributed by atoms with E-state index in [1.807, 2.05) is 0 Å². The van der Waals surface area contributed by atoms with E-state index < -0.39 is 0 Å². The van der Waals surface area contributed by atoms with Gasteiger partial charge in [-0.15, -0.1) is 0 Å². The molecule has 0 aliphatic carbocycles. The molecule has 0 rings (SSSR count). The fourth-order valence-corrected chi connectivity index (χ4v) is 1.35. The third-order valence-electron chi connectivity index (χ3n) is 2.08. The van der Waals surface area contributed by atoms with Crippen LogP contribution in [0.3, 0.4) is 0 Å². The molecule has 1 amide bonds. The first-order chi connectivity index (χ1) is 6.24. The van der Waals surface area contributed by atoms with Crippen LogP contribution in [0.15, 0.2) is 12.7 Å². The molecule has 2 heteroatoms. The van der Waals surface area contributed by atoms with Gasteiger partial charge in [-0.25, -0.2) is 0 Å². The Morgan fingerprint density at radius 2 is 2.08 bits per heavy atom. The Morgan fingerprint density at radius 3 is 2.54 bits per heavy atom. The molecule has 76 valence electrons. The Labute approximate surface area is 81.4 Å². The maximum absolute atomic E-state index is 11.0. The van der Waals surface area contributed by atoms with Crippen LogP contribution in [0.4, 0.5) is 0 Å². The SMILES string of the molecule is C=CC(=O)NC(CCC)CCCC.